The van der Waals surface area contributed by atoms with Gasteiger partial charge in [-0.3, -0.25) is 4.79 Å². The summed E-state index contributed by atoms with van der Waals surface area (Å²) in [5.41, 5.74) is 12.5. The molecule has 0 aromatic heterocycles. The zero-order valence-electron chi connectivity index (χ0n) is 9.53. The van der Waals surface area contributed by atoms with Crippen LogP contribution >= 0.6 is 11.6 Å². The number of hydrogen-bond acceptors (Lipinski definition) is 3. The molecule has 1 amide bonds. The Morgan fingerprint density at radius 3 is 2.82 bits per heavy atom. The highest BCUT2D eigenvalue weighted by Crippen LogP contribution is 2.28. The van der Waals surface area contributed by atoms with Crippen molar-refractivity contribution in [3.63, 3.8) is 0 Å². The van der Waals surface area contributed by atoms with Crippen molar-refractivity contribution in [1.29, 1.82) is 0 Å². The van der Waals surface area contributed by atoms with Gasteiger partial charge in [0.05, 0.1) is 10.7 Å². The van der Waals surface area contributed by atoms with E-state index in [0.717, 1.165) is 31.6 Å². The predicted octanol–water partition coefficient (Wildman–Crippen LogP) is 1.37. The molecule has 1 aromatic carbocycles. The molecule has 2 rings (SSSR count). The molecule has 5 heteroatoms. The fourth-order valence-electron chi connectivity index (χ4n) is 2.15. The van der Waals surface area contributed by atoms with E-state index in [1.807, 2.05) is 6.07 Å². The van der Waals surface area contributed by atoms with Crippen LogP contribution in [0, 0.1) is 0 Å². The number of piperidine rings is 1. The minimum absolute atomic E-state index is 0.190. The average molecular weight is 254 g/mol. The highest BCUT2D eigenvalue weighted by Gasteiger charge is 2.19. The van der Waals surface area contributed by atoms with Gasteiger partial charge in [-0.05, 0) is 31.0 Å². The van der Waals surface area contributed by atoms with E-state index in [0.29, 0.717) is 10.6 Å². The maximum absolute atomic E-state index is 11.0. The summed E-state index contributed by atoms with van der Waals surface area (Å²) in [6.07, 6.45) is 2.11. The van der Waals surface area contributed by atoms with Gasteiger partial charge in [0.25, 0.3) is 0 Å². The predicted molar refractivity (Wildman–Crippen MR) is 69.4 cm³/mol. The quantitative estimate of drug-likeness (QED) is 0.836. The summed E-state index contributed by atoms with van der Waals surface area (Å²) in [5, 5.41) is 0.551. The maximum atomic E-state index is 11.0. The molecule has 0 aliphatic carbocycles. The van der Waals surface area contributed by atoms with Gasteiger partial charge in [-0.1, -0.05) is 11.6 Å². The summed E-state index contributed by atoms with van der Waals surface area (Å²) >= 11 is 6.16. The zero-order chi connectivity index (χ0) is 12.4. The molecule has 1 aliphatic heterocycles. The summed E-state index contributed by atoms with van der Waals surface area (Å²) in [6, 6.07) is 5.33. The van der Waals surface area contributed by atoms with Crippen LogP contribution < -0.4 is 16.4 Å². The number of nitrogens with two attached hydrogens (primary N) is 2. The van der Waals surface area contributed by atoms with Crippen molar-refractivity contribution in [2.24, 2.45) is 11.5 Å². The van der Waals surface area contributed by atoms with Crippen LogP contribution in [0.25, 0.3) is 0 Å². The first-order valence-corrected chi connectivity index (χ1v) is 6.05. The largest absolute Gasteiger partial charge is 0.369 e. The van der Waals surface area contributed by atoms with Gasteiger partial charge in [0, 0.05) is 24.7 Å². The lowest BCUT2D eigenvalue weighted by molar-refractivity contribution is 0.100. The fraction of sp³-hybridized carbons (Fsp3) is 0.417. The third kappa shape index (κ3) is 2.70. The number of benzene rings is 1. The molecule has 1 unspecified atom stereocenters. The zero-order valence-corrected chi connectivity index (χ0v) is 10.3. The van der Waals surface area contributed by atoms with Crippen LogP contribution in [0.5, 0.6) is 0 Å². The van der Waals surface area contributed by atoms with Gasteiger partial charge in [0.2, 0.25) is 5.91 Å². The molecule has 92 valence electrons. The lowest BCUT2D eigenvalue weighted by atomic mass is 10.1. The van der Waals surface area contributed by atoms with Gasteiger partial charge in [-0.2, -0.15) is 0 Å². The molecule has 4 N–H and O–H groups in total. The monoisotopic (exact) mass is 253 g/mol. The minimum Gasteiger partial charge on any atom is -0.369 e. The Balaban J connectivity index is 2.23. The molecule has 1 saturated heterocycles. The van der Waals surface area contributed by atoms with Gasteiger partial charge in [0.1, 0.15) is 0 Å². The molecule has 0 spiro atoms. The van der Waals surface area contributed by atoms with Crippen molar-refractivity contribution in [3.8, 4) is 0 Å². The van der Waals surface area contributed by atoms with E-state index in [2.05, 4.69) is 4.90 Å². The summed E-state index contributed by atoms with van der Waals surface area (Å²) in [5.74, 6) is -0.464. The summed E-state index contributed by atoms with van der Waals surface area (Å²) in [7, 11) is 0. The van der Waals surface area contributed by atoms with Crippen molar-refractivity contribution in [3.05, 3.63) is 28.8 Å². The lowest BCUT2D eigenvalue weighted by Crippen LogP contribution is -2.42. The summed E-state index contributed by atoms with van der Waals surface area (Å²) in [4.78, 5) is 13.2. The van der Waals surface area contributed by atoms with Crippen LogP contribution in [0.4, 0.5) is 5.69 Å². The van der Waals surface area contributed by atoms with E-state index in [1.54, 1.807) is 12.1 Å². The average Bonchev–Trinajstić information content (AvgIpc) is 2.28. The van der Waals surface area contributed by atoms with Gasteiger partial charge >= 0.3 is 0 Å². The number of nitrogens with zero attached hydrogens (tertiary/aromatic N) is 1. The van der Waals surface area contributed by atoms with Crippen LogP contribution in [-0.2, 0) is 0 Å². The van der Waals surface area contributed by atoms with Crippen LogP contribution in [0.3, 0.4) is 0 Å². The van der Waals surface area contributed by atoms with E-state index in [1.165, 1.54) is 0 Å². The van der Waals surface area contributed by atoms with Gasteiger partial charge < -0.3 is 16.4 Å². The summed E-state index contributed by atoms with van der Waals surface area (Å²) < 4.78 is 0. The van der Waals surface area contributed by atoms with Crippen LogP contribution in [0.2, 0.25) is 5.02 Å². The molecule has 0 radical (unpaired) electrons. The van der Waals surface area contributed by atoms with E-state index < -0.39 is 5.91 Å². The van der Waals surface area contributed by atoms with Gasteiger partial charge in [-0.25, -0.2) is 0 Å². The Labute approximate surface area is 106 Å². The smallest absolute Gasteiger partial charge is 0.248 e. The fourth-order valence-corrected chi connectivity index (χ4v) is 2.45. The number of carbonyl (C=O) groups is 1. The number of anilines is 1. The van der Waals surface area contributed by atoms with Crippen molar-refractivity contribution >= 4 is 23.2 Å². The molecule has 0 bridgehead atoms. The van der Waals surface area contributed by atoms with Gasteiger partial charge in [-0.15, -0.1) is 0 Å². The molecule has 1 aliphatic rings. The van der Waals surface area contributed by atoms with E-state index in [9.17, 15) is 4.79 Å². The van der Waals surface area contributed by atoms with Crippen molar-refractivity contribution in [1.82, 2.24) is 0 Å². The highest BCUT2D eigenvalue weighted by atomic mass is 35.5. The number of hydrogen-bond donors (Lipinski definition) is 2. The molecule has 0 saturated carbocycles. The standard InChI is InChI=1S/C12H16ClN3O/c13-10-6-8(12(15)17)3-4-11(10)16-5-1-2-9(14)7-16/h3-4,6,9H,1-2,5,7,14H2,(H2,15,17). The molecule has 1 heterocycles. The normalized spacial score (nSPS) is 20.4. The SMILES string of the molecule is NC(=O)c1ccc(N2CCCC(N)C2)c(Cl)c1. The topological polar surface area (TPSA) is 72.4 Å². The number of primary amides is 1. The number of amides is 1. The van der Waals surface area contributed by atoms with E-state index in [-0.39, 0.29) is 6.04 Å². The Morgan fingerprint density at radius 2 is 2.24 bits per heavy atom. The van der Waals surface area contributed by atoms with Crippen molar-refractivity contribution in [2.45, 2.75) is 18.9 Å². The van der Waals surface area contributed by atoms with Crippen molar-refractivity contribution in [2.75, 3.05) is 18.0 Å². The molecular formula is C12H16ClN3O. The molecule has 1 atom stereocenters. The number of carbonyl (C=O) groups excluding carboxylic acids is 1. The molecular weight excluding hydrogens is 238 g/mol. The number of rotatable bonds is 2. The lowest BCUT2D eigenvalue weighted by Gasteiger charge is -2.33. The number of halogens is 1. The minimum atomic E-state index is -0.464. The summed E-state index contributed by atoms with van der Waals surface area (Å²) in [6.45, 7) is 1.75. The first-order valence-electron chi connectivity index (χ1n) is 5.68. The Morgan fingerprint density at radius 1 is 1.47 bits per heavy atom. The second-order valence-corrected chi connectivity index (χ2v) is 4.79. The highest BCUT2D eigenvalue weighted by molar-refractivity contribution is 6.33. The molecule has 17 heavy (non-hydrogen) atoms. The van der Waals surface area contributed by atoms with Crippen LogP contribution in [-0.4, -0.2) is 25.0 Å². The van der Waals surface area contributed by atoms with Crippen molar-refractivity contribution < 1.29 is 4.79 Å². The van der Waals surface area contributed by atoms with Crippen LogP contribution in [0.1, 0.15) is 23.2 Å². The Bertz CT molecular complexity index is 436. The first kappa shape index (κ1) is 12.2. The molecule has 1 aromatic rings. The second kappa shape index (κ2) is 4.94. The van der Waals surface area contributed by atoms with E-state index >= 15 is 0 Å². The van der Waals surface area contributed by atoms with Crippen LogP contribution in [0.15, 0.2) is 18.2 Å². The molecule has 4 nitrogen and oxygen atoms in total. The first-order chi connectivity index (χ1) is 8.08. The third-order valence-electron chi connectivity index (χ3n) is 3.03. The van der Waals surface area contributed by atoms with E-state index in [4.69, 9.17) is 23.1 Å². The Hall–Kier alpha value is -1.26. The van der Waals surface area contributed by atoms with Gasteiger partial charge in [0.15, 0.2) is 0 Å². The maximum Gasteiger partial charge on any atom is 0.248 e. The molecule has 1 fully saturated rings. The Kier molecular flexibility index (Phi) is 3.54. The second-order valence-electron chi connectivity index (χ2n) is 4.38. The third-order valence-corrected chi connectivity index (χ3v) is 3.33.